The van der Waals surface area contributed by atoms with E-state index in [1.165, 1.54) is 5.56 Å². The van der Waals surface area contributed by atoms with E-state index in [9.17, 15) is 8.42 Å². The molecule has 1 N–H and O–H groups in total. The van der Waals surface area contributed by atoms with Gasteiger partial charge >= 0.3 is 0 Å². The van der Waals surface area contributed by atoms with Crippen molar-refractivity contribution >= 4 is 10.0 Å². The van der Waals surface area contributed by atoms with E-state index in [0.717, 1.165) is 25.9 Å². The lowest BCUT2D eigenvalue weighted by Gasteiger charge is -2.38. The Bertz CT molecular complexity index is 815. The number of pyridine rings is 1. The Hall–Kier alpha value is -1.77. The van der Waals surface area contributed by atoms with E-state index in [0.29, 0.717) is 29.4 Å². The highest BCUT2D eigenvalue weighted by atomic mass is 32.2. The quantitative estimate of drug-likeness (QED) is 0.834. The zero-order valence-electron chi connectivity index (χ0n) is 15.6. The number of piperidine rings is 1. The van der Waals surface area contributed by atoms with Crippen molar-refractivity contribution < 1.29 is 8.42 Å². The number of sulfonamides is 1. The van der Waals surface area contributed by atoms with Crippen LogP contribution in [0.15, 0.2) is 29.4 Å². The fourth-order valence-electron chi connectivity index (χ4n) is 3.71. The second-order valence-corrected chi connectivity index (χ2v) is 8.72. The molecule has 1 fully saturated rings. The molecule has 8 heteroatoms. The average molecular weight is 378 g/mol. The minimum atomic E-state index is -3.52. The average Bonchev–Trinajstić information content (AvgIpc) is 2.99. The van der Waals surface area contributed by atoms with Gasteiger partial charge in [-0.15, -0.1) is 0 Å². The molecule has 1 aliphatic heterocycles. The van der Waals surface area contributed by atoms with Crippen LogP contribution in [0.5, 0.6) is 0 Å². The summed E-state index contributed by atoms with van der Waals surface area (Å²) in [5.74, 6) is 0. The molecule has 0 radical (unpaired) electrons. The number of nitrogens with zero attached hydrogens (tertiary/aromatic N) is 4. The van der Waals surface area contributed by atoms with Crippen LogP contribution in [-0.2, 0) is 16.6 Å². The molecule has 0 saturated carbocycles. The predicted molar refractivity (Wildman–Crippen MR) is 100 cm³/mol. The molecule has 0 spiro atoms. The second kappa shape index (κ2) is 7.85. The molecule has 3 rings (SSSR count). The van der Waals surface area contributed by atoms with Crippen LogP contribution in [0.4, 0.5) is 0 Å². The number of aromatic nitrogens is 3. The maximum Gasteiger partial charge on any atom is 0.246 e. The van der Waals surface area contributed by atoms with E-state index in [2.05, 4.69) is 27.0 Å². The molecule has 1 aliphatic rings. The Morgan fingerprint density at radius 2 is 2.04 bits per heavy atom. The summed E-state index contributed by atoms with van der Waals surface area (Å²) in [4.78, 5) is 6.75. The lowest BCUT2D eigenvalue weighted by molar-refractivity contribution is 0.134. The first-order valence-electron chi connectivity index (χ1n) is 9.08. The van der Waals surface area contributed by atoms with Crippen molar-refractivity contribution in [1.29, 1.82) is 0 Å². The van der Waals surface area contributed by atoms with Crippen molar-refractivity contribution in [2.45, 2.75) is 51.1 Å². The third-order valence-electron chi connectivity index (χ3n) is 5.08. The number of hydrogen-bond donors (Lipinski definition) is 1. The Morgan fingerprint density at radius 1 is 1.31 bits per heavy atom. The SMILES string of the molecule is CCN(Cc1ccncc1)[C@@H]1CCCN(S(=O)(=O)c2c(C)n[nH]c2C)C1. The fourth-order valence-corrected chi connectivity index (χ4v) is 5.56. The lowest BCUT2D eigenvalue weighted by atomic mass is 10.1. The molecule has 0 unspecified atom stereocenters. The first-order chi connectivity index (χ1) is 12.4. The Labute approximate surface area is 155 Å². The van der Waals surface area contributed by atoms with Crippen LogP contribution >= 0.6 is 0 Å². The fraction of sp³-hybridized carbons (Fsp3) is 0.556. The molecule has 0 aromatic carbocycles. The van der Waals surface area contributed by atoms with Crippen molar-refractivity contribution in [3.8, 4) is 0 Å². The molecular weight excluding hydrogens is 350 g/mol. The number of aromatic amines is 1. The van der Waals surface area contributed by atoms with Gasteiger partial charge in [0.05, 0.1) is 11.4 Å². The Kier molecular flexibility index (Phi) is 5.74. The van der Waals surface area contributed by atoms with E-state index in [1.807, 2.05) is 12.1 Å². The van der Waals surface area contributed by atoms with Crippen LogP contribution in [0, 0.1) is 13.8 Å². The predicted octanol–water partition coefficient (Wildman–Crippen LogP) is 2.10. The highest BCUT2D eigenvalue weighted by Crippen LogP contribution is 2.26. The molecule has 7 nitrogen and oxygen atoms in total. The first-order valence-corrected chi connectivity index (χ1v) is 10.5. The van der Waals surface area contributed by atoms with Crippen molar-refractivity contribution in [2.24, 2.45) is 0 Å². The van der Waals surface area contributed by atoms with Crippen LogP contribution in [-0.4, -0.2) is 58.5 Å². The number of likely N-dealkylation sites (N-methyl/N-ethyl adjacent to an activating group) is 1. The van der Waals surface area contributed by atoms with Crippen molar-refractivity contribution in [3.05, 3.63) is 41.5 Å². The highest BCUT2D eigenvalue weighted by molar-refractivity contribution is 7.89. The van der Waals surface area contributed by atoms with Gasteiger partial charge < -0.3 is 0 Å². The Morgan fingerprint density at radius 3 is 2.65 bits per heavy atom. The molecule has 1 atom stereocenters. The van der Waals surface area contributed by atoms with Gasteiger partial charge in [-0.1, -0.05) is 6.92 Å². The largest absolute Gasteiger partial charge is 0.295 e. The van der Waals surface area contributed by atoms with Gasteiger partial charge in [0.1, 0.15) is 4.90 Å². The summed E-state index contributed by atoms with van der Waals surface area (Å²) < 4.78 is 27.9. The third kappa shape index (κ3) is 3.82. The van der Waals surface area contributed by atoms with Crippen LogP contribution in [0.25, 0.3) is 0 Å². The summed E-state index contributed by atoms with van der Waals surface area (Å²) >= 11 is 0. The topological polar surface area (TPSA) is 82.2 Å². The molecule has 0 bridgehead atoms. The van der Waals surface area contributed by atoms with E-state index in [4.69, 9.17) is 0 Å². The molecule has 2 aromatic heterocycles. The van der Waals surface area contributed by atoms with Gasteiger partial charge in [0, 0.05) is 38.1 Å². The summed E-state index contributed by atoms with van der Waals surface area (Å²) in [7, 11) is -3.52. The van der Waals surface area contributed by atoms with Crippen molar-refractivity contribution in [2.75, 3.05) is 19.6 Å². The zero-order valence-corrected chi connectivity index (χ0v) is 16.5. The minimum Gasteiger partial charge on any atom is -0.295 e. The molecule has 0 amide bonds. The Balaban J connectivity index is 1.78. The van der Waals surface area contributed by atoms with E-state index in [-0.39, 0.29) is 6.04 Å². The summed E-state index contributed by atoms with van der Waals surface area (Å²) in [6, 6.07) is 4.24. The molecule has 142 valence electrons. The summed E-state index contributed by atoms with van der Waals surface area (Å²) in [6.45, 7) is 8.39. The summed E-state index contributed by atoms with van der Waals surface area (Å²) in [5, 5.41) is 6.84. The molecule has 1 saturated heterocycles. The van der Waals surface area contributed by atoms with E-state index in [1.54, 1.807) is 30.5 Å². The molecular formula is C18H27N5O2S. The van der Waals surface area contributed by atoms with Gasteiger partial charge in [-0.2, -0.15) is 9.40 Å². The first kappa shape index (κ1) is 19.0. The number of nitrogens with one attached hydrogen (secondary N) is 1. The van der Waals surface area contributed by atoms with Crippen molar-refractivity contribution in [1.82, 2.24) is 24.4 Å². The summed E-state index contributed by atoms with van der Waals surface area (Å²) in [5.41, 5.74) is 2.34. The standard InChI is InChI=1S/C18H27N5O2S/c1-4-22(12-16-7-9-19-10-8-16)17-6-5-11-23(13-17)26(24,25)18-14(2)20-21-15(18)3/h7-10,17H,4-6,11-13H2,1-3H3,(H,20,21)/t17-/m1/s1. The minimum absolute atomic E-state index is 0.212. The zero-order chi connectivity index (χ0) is 18.7. The summed E-state index contributed by atoms with van der Waals surface area (Å²) in [6.07, 6.45) is 5.47. The number of rotatable bonds is 6. The molecule has 2 aromatic rings. The van der Waals surface area contributed by atoms with Crippen LogP contribution in [0.1, 0.15) is 36.7 Å². The van der Waals surface area contributed by atoms with Gasteiger partial charge in [0.25, 0.3) is 0 Å². The van der Waals surface area contributed by atoms with Crippen LogP contribution in [0.2, 0.25) is 0 Å². The van der Waals surface area contributed by atoms with Crippen LogP contribution < -0.4 is 0 Å². The normalized spacial score (nSPS) is 19.2. The lowest BCUT2D eigenvalue weighted by Crippen LogP contribution is -2.49. The van der Waals surface area contributed by atoms with Gasteiger partial charge in [-0.05, 0) is 50.9 Å². The molecule has 0 aliphatic carbocycles. The number of hydrogen-bond acceptors (Lipinski definition) is 5. The van der Waals surface area contributed by atoms with Gasteiger partial charge in [0.15, 0.2) is 0 Å². The van der Waals surface area contributed by atoms with Gasteiger partial charge in [-0.3, -0.25) is 15.0 Å². The van der Waals surface area contributed by atoms with E-state index >= 15 is 0 Å². The highest BCUT2D eigenvalue weighted by Gasteiger charge is 2.35. The maximum atomic E-state index is 13.1. The second-order valence-electron chi connectivity index (χ2n) is 6.84. The maximum absolute atomic E-state index is 13.1. The van der Waals surface area contributed by atoms with E-state index < -0.39 is 10.0 Å². The smallest absolute Gasteiger partial charge is 0.246 e. The van der Waals surface area contributed by atoms with Crippen molar-refractivity contribution in [3.63, 3.8) is 0 Å². The van der Waals surface area contributed by atoms with Gasteiger partial charge in [0.2, 0.25) is 10.0 Å². The monoisotopic (exact) mass is 377 g/mol. The third-order valence-corrected chi connectivity index (χ3v) is 7.20. The molecule has 3 heterocycles. The molecule has 26 heavy (non-hydrogen) atoms. The van der Waals surface area contributed by atoms with Gasteiger partial charge in [-0.25, -0.2) is 8.42 Å². The number of H-pyrrole nitrogens is 1. The van der Waals surface area contributed by atoms with Crippen LogP contribution in [0.3, 0.4) is 0 Å². The number of aryl methyl sites for hydroxylation is 2.